The second kappa shape index (κ2) is 8.01. The summed E-state index contributed by atoms with van der Waals surface area (Å²) in [5.74, 6) is 0.468. The van der Waals surface area contributed by atoms with Crippen LogP contribution in [0.5, 0.6) is 0 Å². The summed E-state index contributed by atoms with van der Waals surface area (Å²) in [7, 11) is 1.38. The number of pyridine rings is 1. The molecule has 0 aliphatic heterocycles. The number of unbranched alkanes of at least 4 members (excludes halogenated alkanes) is 2. The predicted octanol–water partition coefficient (Wildman–Crippen LogP) is 4.20. The van der Waals surface area contributed by atoms with Crippen LogP contribution in [0.4, 0.5) is 5.82 Å². The molecule has 4 nitrogen and oxygen atoms in total. The van der Waals surface area contributed by atoms with E-state index in [9.17, 15) is 4.79 Å². The summed E-state index contributed by atoms with van der Waals surface area (Å²) in [5, 5.41) is 3.37. The quantitative estimate of drug-likeness (QED) is 0.576. The normalized spacial score (nSPS) is 11.3. The lowest BCUT2D eigenvalue weighted by Crippen LogP contribution is -2.23. The monoisotopic (exact) mass is 292 g/mol. The maximum atomic E-state index is 11.5. The molecule has 1 heterocycles. The highest BCUT2D eigenvalue weighted by atomic mass is 16.5. The smallest absolute Gasteiger partial charge is 0.339 e. The highest BCUT2D eigenvalue weighted by Gasteiger charge is 2.17. The van der Waals surface area contributed by atoms with Gasteiger partial charge in [0.15, 0.2) is 0 Å². The predicted molar refractivity (Wildman–Crippen MR) is 86.7 cm³/mol. The van der Waals surface area contributed by atoms with Gasteiger partial charge in [0.05, 0.1) is 18.4 Å². The van der Waals surface area contributed by atoms with E-state index < -0.39 is 0 Å². The Bertz CT molecular complexity index is 470. The van der Waals surface area contributed by atoms with E-state index in [1.807, 2.05) is 13.0 Å². The molecule has 0 bridgehead atoms. The summed E-state index contributed by atoms with van der Waals surface area (Å²) in [4.78, 5) is 16.0. The highest BCUT2D eigenvalue weighted by molar-refractivity contribution is 5.90. The molecule has 0 atom stereocenters. The van der Waals surface area contributed by atoms with Crippen LogP contribution >= 0.6 is 0 Å². The molecule has 0 fully saturated rings. The van der Waals surface area contributed by atoms with E-state index in [-0.39, 0.29) is 11.4 Å². The Morgan fingerprint density at radius 2 is 2.05 bits per heavy atom. The van der Waals surface area contributed by atoms with Crippen LogP contribution in [0.2, 0.25) is 0 Å². The third-order valence-electron chi connectivity index (χ3n) is 3.70. The van der Waals surface area contributed by atoms with E-state index in [0.717, 1.165) is 12.4 Å². The average Bonchev–Trinajstić information content (AvgIpc) is 2.45. The zero-order valence-corrected chi connectivity index (χ0v) is 14.0. The molecule has 0 unspecified atom stereocenters. The van der Waals surface area contributed by atoms with Gasteiger partial charge in [0.2, 0.25) is 0 Å². The number of methoxy groups -OCH3 is 1. The first-order chi connectivity index (χ1) is 9.89. The van der Waals surface area contributed by atoms with E-state index >= 15 is 0 Å². The van der Waals surface area contributed by atoms with Crippen molar-refractivity contribution in [1.29, 1.82) is 0 Å². The topological polar surface area (TPSA) is 51.2 Å². The summed E-state index contributed by atoms with van der Waals surface area (Å²) < 4.78 is 4.73. The molecule has 0 aliphatic carbocycles. The summed E-state index contributed by atoms with van der Waals surface area (Å²) in [6.45, 7) is 9.46. The first-order valence-electron chi connectivity index (χ1n) is 7.69. The minimum Gasteiger partial charge on any atom is -0.465 e. The summed E-state index contributed by atoms with van der Waals surface area (Å²) in [6.07, 6.45) is 5.00. The fraction of sp³-hybridized carbons (Fsp3) is 0.647. The zero-order chi connectivity index (χ0) is 15.9. The van der Waals surface area contributed by atoms with E-state index in [0.29, 0.717) is 11.3 Å². The molecule has 21 heavy (non-hydrogen) atoms. The largest absolute Gasteiger partial charge is 0.465 e. The number of nitrogens with one attached hydrogen (secondary N) is 1. The van der Waals surface area contributed by atoms with Crippen molar-refractivity contribution in [3.63, 3.8) is 0 Å². The first-order valence-corrected chi connectivity index (χ1v) is 7.69. The van der Waals surface area contributed by atoms with Crippen LogP contribution in [0.1, 0.15) is 62.5 Å². The van der Waals surface area contributed by atoms with Gasteiger partial charge in [-0.15, -0.1) is 0 Å². The van der Waals surface area contributed by atoms with Crippen LogP contribution in [-0.2, 0) is 4.74 Å². The number of ether oxygens (including phenoxy) is 1. The molecule has 4 heteroatoms. The van der Waals surface area contributed by atoms with E-state index in [2.05, 4.69) is 31.1 Å². The fourth-order valence-electron chi connectivity index (χ4n) is 2.26. The van der Waals surface area contributed by atoms with Gasteiger partial charge in [-0.05, 0) is 30.9 Å². The summed E-state index contributed by atoms with van der Waals surface area (Å²) in [6, 6.07) is 3.60. The maximum absolute atomic E-state index is 11.5. The molecule has 0 radical (unpaired) electrons. The number of hydrogen-bond donors (Lipinski definition) is 1. The Balaban J connectivity index is 2.59. The molecular formula is C17H28N2O2. The molecule has 1 aromatic rings. The Morgan fingerprint density at radius 1 is 1.33 bits per heavy atom. The third-order valence-corrected chi connectivity index (χ3v) is 3.70. The molecule has 0 aliphatic rings. The second-order valence-corrected chi connectivity index (χ2v) is 6.30. The van der Waals surface area contributed by atoms with Crippen LogP contribution < -0.4 is 5.32 Å². The highest BCUT2D eigenvalue weighted by Crippen LogP contribution is 2.24. The number of nitrogens with zero attached hydrogens (tertiary/aromatic N) is 1. The summed E-state index contributed by atoms with van der Waals surface area (Å²) >= 11 is 0. The lowest BCUT2D eigenvalue weighted by atomic mass is 9.87. The van der Waals surface area contributed by atoms with Gasteiger partial charge in [-0.25, -0.2) is 9.78 Å². The second-order valence-electron chi connectivity index (χ2n) is 6.30. The number of esters is 1. The van der Waals surface area contributed by atoms with Crippen molar-refractivity contribution in [3.8, 4) is 0 Å². The maximum Gasteiger partial charge on any atom is 0.339 e. The number of carbonyl (C=O) groups excluding carboxylic acids is 1. The van der Waals surface area contributed by atoms with Crippen molar-refractivity contribution in [3.05, 3.63) is 23.4 Å². The van der Waals surface area contributed by atoms with Gasteiger partial charge >= 0.3 is 5.97 Å². The number of hydrogen-bond acceptors (Lipinski definition) is 4. The van der Waals surface area contributed by atoms with Crippen molar-refractivity contribution in [2.75, 3.05) is 19.0 Å². The average molecular weight is 292 g/mol. The Morgan fingerprint density at radius 3 is 2.62 bits per heavy atom. The van der Waals surface area contributed by atoms with E-state index in [1.165, 1.54) is 32.8 Å². The molecule has 0 spiro atoms. The van der Waals surface area contributed by atoms with Gasteiger partial charge in [-0.1, -0.05) is 40.0 Å². The van der Waals surface area contributed by atoms with Crippen molar-refractivity contribution >= 4 is 11.8 Å². The molecule has 1 N–H and O–H groups in total. The standard InChI is InChI=1S/C17H28N2O2/c1-6-7-8-11-17(3,4)12-18-15-10-9-14(13(2)19-15)16(20)21-5/h9-10H,6-8,11-12H2,1-5H3,(H,18,19). The van der Waals surface area contributed by atoms with Crippen LogP contribution in [0.15, 0.2) is 12.1 Å². The van der Waals surface area contributed by atoms with Crippen LogP contribution in [0.25, 0.3) is 0 Å². The fourth-order valence-corrected chi connectivity index (χ4v) is 2.26. The van der Waals surface area contributed by atoms with Crippen LogP contribution in [0, 0.1) is 12.3 Å². The minimum absolute atomic E-state index is 0.242. The lowest BCUT2D eigenvalue weighted by Gasteiger charge is -2.25. The number of rotatable bonds is 8. The molecule has 0 saturated heterocycles. The molecule has 0 saturated carbocycles. The molecule has 0 aromatic carbocycles. The van der Waals surface area contributed by atoms with Gasteiger partial charge in [0.1, 0.15) is 5.82 Å². The van der Waals surface area contributed by atoms with Gasteiger partial charge < -0.3 is 10.1 Å². The Labute approximate surface area is 128 Å². The minimum atomic E-state index is -0.341. The SMILES string of the molecule is CCCCCC(C)(C)CNc1ccc(C(=O)OC)c(C)n1. The van der Waals surface area contributed by atoms with E-state index in [4.69, 9.17) is 4.74 Å². The lowest BCUT2D eigenvalue weighted by molar-refractivity contribution is 0.0599. The molecule has 1 rings (SSSR count). The molecule has 118 valence electrons. The van der Waals surface area contributed by atoms with Crippen molar-refractivity contribution in [2.45, 2.75) is 53.4 Å². The van der Waals surface area contributed by atoms with Crippen molar-refractivity contribution in [1.82, 2.24) is 4.98 Å². The van der Waals surface area contributed by atoms with Gasteiger partial charge in [-0.2, -0.15) is 0 Å². The number of anilines is 1. The zero-order valence-electron chi connectivity index (χ0n) is 14.0. The number of carbonyl (C=O) groups is 1. The van der Waals surface area contributed by atoms with Crippen molar-refractivity contribution < 1.29 is 9.53 Å². The number of aryl methyl sites for hydroxylation is 1. The van der Waals surface area contributed by atoms with Gasteiger partial charge in [-0.3, -0.25) is 0 Å². The Kier molecular flexibility index (Phi) is 6.66. The molecule has 0 amide bonds. The van der Waals surface area contributed by atoms with Crippen LogP contribution in [-0.4, -0.2) is 24.6 Å². The number of aromatic nitrogens is 1. The Hall–Kier alpha value is -1.58. The summed E-state index contributed by atoms with van der Waals surface area (Å²) in [5.41, 5.74) is 1.45. The third kappa shape index (κ3) is 5.74. The van der Waals surface area contributed by atoms with Gasteiger partial charge in [0.25, 0.3) is 0 Å². The van der Waals surface area contributed by atoms with Gasteiger partial charge in [0, 0.05) is 6.54 Å². The molecular weight excluding hydrogens is 264 g/mol. The van der Waals surface area contributed by atoms with Crippen LogP contribution in [0.3, 0.4) is 0 Å². The van der Waals surface area contributed by atoms with E-state index in [1.54, 1.807) is 6.07 Å². The van der Waals surface area contributed by atoms with Crippen molar-refractivity contribution in [2.24, 2.45) is 5.41 Å². The first kappa shape index (κ1) is 17.5. The molecule has 1 aromatic heterocycles.